The summed E-state index contributed by atoms with van der Waals surface area (Å²) in [6.07, 6.45) is 4.60. The first kappa shape index (κ1) is 21.5. The van der Waals surface area contributed by atoms with Gasteiger partial charge in [0.1, 0.15) is 6.04 Å². The van der Waals surface area contributed by atoms with E-state index in [0.29, 0.717) is 12.3 Å². The summed E-state index contributed by atoms with van der Waals surface area (Å²) in [7, 11) is -3.81. The molecule has 2 aromatic carbocycles. The van der Waals surface area contributed by atoms with Crippen LogP contribution in [0.4, 0.5) is 0 Å². The average molecular weight is 415 g/mol. The largest absolute Gasteiger partial charge is 0.352 e. The van der Waals surface area contributed by atoms with Gasteiger partial charge in [-0.15, -0.1) is 0 Å². The zero-order chi connectivity index (χ0) is 20.9. The lowest BCUT2D eigenvalue weighted by molar-refractivity contribution is -0.124. The number of amides is 1. The summed E-state index contributed by atoms with van der Waals surface area (Å²) in [5.41, 5.74) is 1.89. The Kier molecular flexibility index (Phi) is 7.09. The highest BCUT2D eigenvalue weighted by atomic mass is 32.2. The molecule has 3 rings (SSSR count). The molecule has 29 heavy (non-hydrogen) atoms. The Morgan fingerprint density at radius 2 is 1.69 bits per heavy atom. The molecule has 0 radical (unpaired) electrons. The van der Waals surface area contributed by atoms with Gasteiger partial charge < -0.3 is 5.32 Å². The second-order valence-electron chi connectivity index (χ2n) is 8.05. The number of carbonyl (C=O) groups is 1. The Bertz CT molecular complexity index is 911. The van der Waals surface area contributed by atoms with Gasteiger partial charge in [0, 0.05) is 6.04 Å². The van der Waals surface area contributed by atoms with E-state index in [1.807, 2.05) is 37.3 Å². The van der Waals surface area contributed by atoms with E-state index >= 15 is 0 Å². The van der Waals surface area contributed by atoms with Crippen LogP contribution in [0, 0.1) is 12.8 Å². The van der Waals surface area contributed by atoms with Crippen LogP contribution < -0.4 is 10.0 Å². The highest BCUT2D eigenvalue weighted by molar-refractivity contribution is 7.89. The lowest BCUT2D eigenvalue weighted by atomic mass is 9.86. The van der Waals surface area contributed by atoms with Gasteiger partial charge in [-0.1, -0.05) is 67.8 Å². The van der Waals surface area contributed by atoms with Crippen LogP contribution in [-0.4, -0.2) is 26.4 Å². The van der Waals surface area contributed by atoms with Crippen molar-refractivity contribution in [3.63, 3.8) is 0 Å². The Hall–Kier alpha value is -2.18. The molecule has 0 bridgehead atoms. The van der Waals surface area contributed by atoms with E-state index in [0.717, 1.165) is 30.4 Å². The van der Waals surface area contributed by atoms with Gasteiger partial charge in [0.05, 0.1) is 4.90 Å². The number of benzene rings is 2. The fraction of sp³-hybridized carbons (Fsp3) is 0.435. The average Bonchev–Trinajstić information content (AvgIpc) is 2.70. The third-order valence-electron chi connectivity index (χ3n) is 5.67. The fourth-order valence-corrected chi connectivity index (χ4v) is 5.02. The third kappa shape index (κ3) is 5.90. The summed E-state index contributed by atoms with van der Waals surface area (Å²) in [6, 6.07) is 15.4. The first-order chi connectivity index (χ1) is 13.8. The van der Waals surface area contributed by atoms with Crippen LogP contribution in [0.15, 0.2) is 59.5 Å². The normalized spacial score (nSPS) is 20.8. The molecule has 2 N–H and O–H groups in total. The first-order valence-electron chi connectivity index (χ1n) is 10.3. The van der Waals surface area contributed by atoms with Crippen LogP contribution in [0.5, 0.6) is 0 Å². The van der Waals surface area contributed by atoms with Gasteiger partial charge in [0.15, 0.2) is 0 Å². The summed E-state index contributed by atoms with van der Waals surface area (Å²) >= 11 is 0. The molecule has 3 atom stereocenters. The minimum Gasteiger partial charge on any atom is -0.352 e. The molecule has 2 aromatic rings. The minimum atomic E-state index is -3.81. The Morgan fingerprint density at radius 1 is 1.03 bits per heavy atom. The van der Waals surface area contributed by atoms with E-state index in [4.69, 9.17) is 0 Å². The zero-order valence-corrected chi connectivity index (χ0v) is 17.9. The van der Waals surface area contributed by atoms with Crippen LogP contribution in [0.3, 0.4) is 0 Å². The van der Waals surface area contributed by atoms with Gasteiger partial charge in [-0.2, -0.15) is 4.72 Å². The van der Waals surface area contributed by atoms with E-state index in [1.54, 1.807) is 24.3 Å². The van der Waals surface area contributed by atoms with Gasteiger partial charge in [-0.3, -0.25) is 4.79 Å². The van der Waals surface area contributed by atoms with Crippen LogP contribution >= 0.6 is 0 Å². The molecule has 1 saturated carbocycles. The van der Waals surface area contributed by atoms with Crippen molar-refractivity contribution in [3.8, 4) is 0 Å². The summed E-state index contributed by atoms with van der Waals surface area (Å²) < 4.78 is 28.5. The molecule has 5 nitrogen and oxygen atoms in total. The number of sulfonamides is 1. The second kappa shape index (κ2) is 9.55. The smallest absolute Gasteiger partial charge is 0.241 e. The molecule has 1 fully saturated rings. The van der Waals surface area contributed by atoms with E-state index in [-0.39, 0.29) is 16.8 Å². The molecule has 0 saturated heterocycles. The van der Waals surface area contributed by atoms with Crippen molar-refractivity contribution in [1.29, 1.82) is 0 Å². The lowest BCUT2D eigenvalue weighted by Gasteiger charge is -2.31. The van der Waals surface area contributed by atoms with Gasteiger partial charge >= 0.3 is 0 Å². The third-order valence-corrected chi connectivity index (χ3v) is 7.15. The molecular weight excluding hydrogens is 384 g/mol. The maximum absolute atomic E-state index is 13.1. The van der Waals surface area contributed by atoms with Crippen LogP contribution in [-0.2, 0) is 21.2 Å². The SMILES string of the molecule is Cc1ccc(S(=O)(=O)N[C@@H](Cc2ccccc2)C(=O)N[C@H]2CCCC[C@@H]2C)cc1. The Labute approximate surface area is 174 Å². The topological polar surface area (TPSA) is 75.3 Å². The van der Waals surface area contributed by atoms with Crippen LogP contribution in [0.2, 0.25) is 0 Å². The summed E-state index contributed by atoms with van der Waals surface area (Å²) in [6.45, 7) is 4.05. The Morgan fingerprint density at radius 3 is 2.34 bits per heavy atom. The van der Waals surface area contributed by atoms with E-state index in [9.17, 15) is 13.2 Å². The van der Waals surface area contributed by atoms with Gasteiger partial charge in [0.2, 0.25) is 15.9 Å². The highest BCUT2D eigenvalue weighted by Crippen LogP contribution is 2.24. The van der Waals surface area contributed by atoms with E-state index in [1.165, 1.54) is 6.42 Å². The van der Waals surface area contributed by atoms with Gasteiger partial charge in [-0.05, 0) is 49.8 Å². The summed E-state index contributed by atoms with van der Waals surface area (Å²) in [5, 5.41) is 3.11. The molecule has 0 spiro atoms. The zero-order valence-electron chi connectivity index (χ0n) is 17.1. The van der Waals surface area contributed by atoms with Crippen LogP contribution in [0.1, 0.15) is 43.7 Å². The van der Waals surface area contributed by atoms with Crippen molar-refractivity contribution in [2.24, 2.45) is 5.92 Å². The van der Waals surface area contributed by atoms with E-state index in [2.05, 4.69) is 17.0 Å². The first-order valence-corrected chi connectivity index (χ1v) is 11.8. The van der Waals surface area contributed by atoms with Crippen molar-refractivity contribution >= 4 is 15.9 Å². The molecule has 1 aliphatic rings. The number of rotatable bonds is 7. The predicted molar refractivity (Wildman–Crippen MR) is 115 cm³/mol. The number of aryl methyl sites for hydroxylation is 1. The number of hydrogen-bond donors (Lipinski definition) is 2. The standard InChI is InChI=1S/C23H30N2O3S/c1-17-12-14-20(15-13-17)29(27,28)25-22(16-19-9-4-3-5-10-19)23(26)24-21-11-7-6-8-18(21)2/h3-5,9-10,12-15,18,21-22,25H,6-8,11,16H2,1-2H3,(H,24,26)/t18-,21-,22-/m0/s1. The minimum absolute atomic E-state index is 0.0957. The van der Waals surface area contributed by atoms with Crippen LogP contribution in [0.25, 0.3) is 0 Å². The maximum Gasteiger partial charge on any atom is 0.241 e. The number of nitrogens with one attached hydrogen (secondary N) is 2. The predicted octanol–water partition coefficient (Wildman–Crippen LogP) is 3.58. The van der Waals surface area contributed by atoms with Crippen molar-refractivity contribution in [1.82, 2.24) is 10.0 Å². The monoisotopic (exact) mass is 414 g/mol. The summed E-state index contributed by atoms with van der Waals surface area (Å²) in [4.78, 5) is 13.3. The van der Waals surface area contributed by atoms with Crippen molar-refractivity contribution < 1.29 is 13.2 Å². The number of carbonyl (C=O) groups excluding carboxylic acids is 1. The maximum atomic E-state index is 13.1. The van der Waals surface area contributed by atoms with Gasteiger partial charge in [0.25, 0.3) is 0 Å². The number of hydrogen-bond acceptors (Lipinski definition) is 3. The van der Waals surface area contributed by atoms with Crippen molar-refractivity contribution in [3.05, 3.63) is 65.7 Å². The lowest BCUT2D eigenvalue weighted by Crippen LogP contribution is -2.52. The van der Waals surface area contributed by atoms with E-state index < -0.39 is 16.1 Å². The quantitative estimate of drug-likeness (QED) is 0.727. The highest BCUT2D eigenvalue weighted by Gasteiger charge is 2.30. The summed E-state index contributed by atoms with van der Waals surface area (Å²) in [5.74, 6) is 0.141. The molecule has 0 unspecified atom stereocenters. The van der Waals surface area contributed by atoms with Crippen molar-refractivity contribution in [2.75, 3.05) is 0 Å². The molecule has 1 amide bonds. The molecular formula is C23H30N2O3S. The second-order valence-corrected chi connectivity index (χ2v) is 9.77. The molecule has 1 aliphatic carbocycles. The molecule has 6 heteroatoms. The van der Waals surface area contributed by atoms with Gasteiger partial charge in [-0.25, -0.2) is 8.42 Å². The molecule has 0 aliphatic heterocycles. The van der Waals surface area contributed by atoms with Crippen molar-refractivity contribution in [2.45, 2.75) is 62.9 Å². The Balaban J connectivity index is 1.80. The fourth-order valence-electron chi connectivity index (χ4n) is 3.82. The molecule has 0 aromatic heterocycles. The molecule has 156 valence electrons. The molecule has 0 heterocycles.